The largest absolute Gasteiger partial charge is 0.454 e. The Balaban J connectivity index is 2.07. The van der Waals surface area contributed by atoms with Crippen molar-refractivity contribution in [3.05, 3.63) is 23.3 Å². The van der Waals surface area contributed by atoms with E-state index in [2.05, 4.69) is 13.0 Å². The van der Waals surface area contributed by atoms with Crippen molar-refractivity contribution in [2.75, 3.05) is 13.9 Å². The highest BCUT2D eigenvalue weighted by atomic mass is 16.7. The highest BCUT2D eigenvalue weighted by Gasteiger charge is 2.49. The SMILES string of the molecule is COCc1cc2c(cc1C1(C(C)N)CC1)OCO2. The van der Waals surface area contributed by atoms with E-state index < -0.39 is 0 Å². The van der Waals surface area contributed by atoms with Gasteiger partial charge in [0.05, 0.1) is 6.61 Å². The molecule has 1 aliphatic carbocycles. The summed E-state index contributed by atoms with van der Waals surface area (Å²) in [5.74, 6) is 1.64. The van der Waals surface area contributed by atoms with E-state index in [0.717, 1.165) is 29.9 Å². The summed E-state index contributed by atoms with van der Waals surface area (Å²) in [5.41, 5.74) is 8.70. The van der Waals surface area contributed by atoms with Gasteiger partial charge in [-0.1, -0.05) is 0 Å². The first kappa shape index (κ1) is 11.8. The lowest BCUT2D eigenvalue weighted by molar-refractivity contribution is 0.173. The molecule has 1 aromatic carbocycles. The molecule has 4 heteroatoms. The maximum absolute atomic E-state index is 6.16. The second-order valence-corrected chi connectivity index (χ2v) is 5.24. The summed E-state index contributed by atoms with van der Waals surface area (Å²) >= 11 is 0. The lowest BCUT2D eigenvalue weighted by atomic mass is 9.86. The first-order chi connectivity index (χ1) is 8.67. The van der Waals surface area contributed by atoms with Crippen molar-refractivity contribution in [1.82, 2.24) is 0 Å². The molecule has 1 aliphatic heterocycles. The zero-order chi connectivity index (χ0) is 12.8. The second kappa shape index (κ2) is 4.14. The monoisotopic (exact) mass is 249 g/mol. The predicted octanol–water partition coefficient (Wildman–Crippen LogP) is 1.94. The van der Waals surface area contributed by atoms with Gasteiger partial charge in [-0.25, -0.2) is 0 Å². The summed E-state index contributed by atoms with van der Waals surface area (Å²) in [6.45, 7) is 2.96. The van der Waals surface area contributed by atoms with Gasteiger partial charge in [0.2, 0.25) is 6.79 Å². The normalized spacial score (nSPS) is 20.8. The first-order valence-electron chi connectivity index (χ1n) is 6.35. The highest BCUT2D eigenvalue weighted by Crippen LogP contribution is 2.53. The molecule has 0 bridgehead atoms. The number of hydrogen-bond acceptors (Lipinski definition) is 4. The summed E-state index contributed by atoms with van der Waals surface area (Å²) < 4.78 is 16.2. The average Bonchev–Trinajstić information content (AvgIpc) is 3.03. The van der Waals surface area contributed by atoms with Crippen LogP contribution in [0.25, 0.3) is 0 Å². The molecule has 0 radical (unpaired) electrons. The van der Waals surface area contributed by atoms with E-state index >= 15 is 0 Å². The van der Waals surface area contributed by atoms with Gasteiger partial charge >= 0.3 is 0 Å². The summed E-state index contributed by atoms with van der Waals surface area (Å²) in [6, 6.07) is 4.27. The van der Waals surface area contributed by atoms with Gasteiger partial charge in [0.15, 0.2) is 11.5 Å². The molecule has 3 rings (SSSR count). The quantitative estimate of drug-likeness (QED) is 0.886. The predicted molar refractivity (Wildman–Crippen MR) is 67.8 cm³/mol. The van der Waals surface area contributed by atoms with Crippen LogP contribution < -0.4 is 15.2 Å². The van der Waals surface area contributed by atoms with Crippen molar-refractivity contribution < 1.29 is 14.2 Å². The smallest absolute Gasteiger partial charge is 0.231 e. The van der Waals surface area contributed by atoms with Crippen LogP contribution in [0.1, 0.15) is 30.9 Å². The second-order valence-electron chi connectivity index (χ2n) is 5.24. The molecule has 0 aromatic heterocycles. The zero-order valence-corrected chi connectivity index (χ0v) is 10.9. The molecule has 0 spiro atoms. The molecule has 2 aliphatic rings. The van der Waals surface area contributed by atoms with Crippen LogP contribution >= 0.6 is 0 Å². The number of benzene rings is 1. The number of ether oxygens (including phenoxy) is 3. The highest BCUT2D eigenvalue weighted by molar-refractivity contribution is 5.53. The van der Waals surface area contributed by atoms with Crippen LogP contribution in [0.2, 0.25) is 0 Å². The fourth-order valence-electron chi connectivity index (χ4n) is 2.83. The topological polar surface area (TPSA) is 53.7 Å². The molecule has 1 unspecified atom stereocenters. The van der Waals surface area contributed by atoms with E-state index in [1.165, 1.54) is 5.56 Å². The fraction of sp³-hybridized carbons (Fsp3) is 0.571. The average molecular weight is 249 g/mol. The third kappa shape index (κ3) is 1.68. The summed E-state index contributed by atoms with van der Waals surface area (Å²) in [4.78, 5) is 0. The first-order valence-corrected chi connectivity index (χ1v) is 6.35. The Morgan fingerprint density at radius 3 is 2.56 bits per heavy atom. The molecule has 1 aromatic rings. The number of fused-ring (bicyclic) bond motifs is 1. The number of rotatable bonds is 4. The van der Waals surface area contributed by atoms with Crippen molar-refractivity contribution >= 4 is 0 Å². The van der Waals surface area contributed by atoms with Gasteiger partial charge in [0, 0.05) is 18.6 Å². The van der Waals surface area contributed by atoms with E-state index in [1.54, 1.807) is 7.11 Å². The molecule has 98 valence electrons. The number of methoxy groups -OCH3 is 1. The van der Waals surface area contributed by atoms with Crippen LogP contribution in [0.5, 0.6) is 11.5 Å². The molecule has 1 fully saturated rings. The maximum atomic E-state index is 6.16. The molecule has 4 nitrogen and oxygen atoms in total. The van der Waals surface area contributed by atoms with Gasteiger partial charge in [-0.2, -0.15) is 0 Å². The van der Waals surface area contributed by atoms with Gasteiger partial charge in [0.1, 0.15) is 0 Å². The van der Waals surface area contributed by atoms with Crippen molar-refractivity contribution in [3.8, 4) is 11.5 Å². The van der Waals surface area contributed by atoms with Gasteiger partial charge in [-0.3, -0.25) is 0 Å². The Kier molecular flexibility index (Phi) is 2.72. The van der Waals surface area contributed by atoms with Crippen LogP contribution in [0.4, 0.5) is 0 Å². The van der Waals surface area contributed by atoms with Crippen molar-refractivity contribution in [2.45, 2.75) is 37.8 Å². The van der Waals surface area contributed by atoms with Crippen molar-refractivity contribution in [3.63, 3.8) is 0 Å². The lowest BCUT2D eigenvalue weighted by Crippen LogP contribution is -2.32. The zero-order valence-electron chi connectivity index (χ0n) is 10.9. The Labute approximate surface area is 107 Å². The van der Waals surface area contributed by atoms with Gasteiger partial charge in [-0.15, -0.1) is 0 Å². The van der Waals surface area contributed by atoms with E-state index in [0.29, 0.717) is 13.4 Å². The molecule has 1 saturated carbocycles. The third-order valence-corrected chi connectivity index (χ3v) is 4.09. The van der Waals surface area contributed by atoms with Crippen LogP contribution in [-0.2, 0) is 16.8 Å². The number of nitrogens with two attached hydrogens (primary N) is 1. The van der Waals surface area contributed by atoms with E-state index in [1.807, 2.05) is 6.07 Å². The summed E-state index contributed by atoms with van der Waals surface area (Å²) in [7, 11) is 1.71. The molecular formula is C14H19NO3. The van der Waals surface area contributed by atoms with Crippen LogP contribution in [0.15, 0.2) is 12.1 Å². The minimum absolute atomic E-state index is 0.106. The minimum atomic E-state index is 0.106. The Morgan fingerprint density at radius 1 is 1.33 bits per heavy atom. The lowest BCUT2D eigenvalue weighted by Gasteiger charge is -2.23. The molecule has 0 saturated heterocycles. The van der Waals surface area contributed by atoms with Crippen LogP contribution in [-0.4, -0.2) is 19.9 Å². The molecule has 0 amide bonds. The minimum Gasteiger partial charge on any atom is -0.454 e. The Bertz CT molecular complexity index is 466. The molecule has 1 heterocycles. The molecular weight excluding hydrogens is 230 g/mol. The van der Waals surface area contributed by atoms with E-state index in [4.69, 9.17) is 19.9 Å². The summed E-state index contributed by atoms with van der Waals surface area (Å²) in [5, 5.41) is 0. The number of hydrogen-bond donors (Lipinski definition) is 1. The molecule has 18 heavy (non-hydrogen) atoms. The maximum Gasteiger partial charge on any atom is 0.231 e. The van der Waals surface area contributed by atoms with Gasteiger partial charge in [-0.05, 0) is 43.0 Å². The van der Waals surface area contributed by atoms with Crippen molar-refractivity contribution in [2.24, 2.45) is 5.73 Å². The van der Waals surface area contributed by atoms with Crippen LogP contribution in [0, 0.1) is 0 Å². The van der Waals surface area contributed by atoms with E-state index in [9.17, 15) is 0 Å². The summed E-state index contributed by atoms with van der Waals surface area (Å²) in [6.07, 6.45) is 2.28. The van der Waals surface area contributed by atoms with Gasteiger partial charge < -0.3 is 19.9 Å². The Hall–Kier alpha value is -1.26. The molecule has 1 atom stereocenters. The Morgan fingerprint density at radius 2 is 2.00 bits per heavy atom. The van der Waals surface area contributed by atoms with Crippen molar-refractivity contribution in [1.29, 1.82) is 0 Å². The molecule has 2 N–H and O–H groups in total. The third-order valence-electron chi connectivity index (χ3n) is 4.09. The standard InChI is InChI=1S/C14H19NO3/c1-9(15)14(3-4-14)11-6-13-12(17-8-18-13)5-10(11)7-16-2/h5-6,9H,3-4,7-8,15H2,1-2H3. The fourth-order valence-corrected chi connectivity index (χ4v) is 2.83. The van der Waals surface area contributed by atoms with Gasteiger partial charge in [0.25, 0.3) is 0 Å². The van der Waals surface area contributed by atoms with E-state index in [-0.39, 0.29) is 11.5 Å². The van der Waals surface area contributed by atoms with Crippen LogP contribution in [0.3, 0.4) is 0 Å².